The molecule has 0 bridgehead atoms. The number of aryl methyl sites for hydroxylation is 1. The molecule has 1 saturated heterocycles. The van der Waals surface area contributed by atoms with Crippen molar-refractivity contribution in [3.05, 3.63) is 57.7 Å². The van der Waals surface area contributed by atoms with E-state index in [4.69, 9.17) is 4.74 Å². The summed E-state index contributed by atoms with van der Waals surface area (Å²) in [6.45, 7) is 0.741. The SMILES string of the molecule is O=C(CSc1n[nH]c(C2CCCO2)n1)Nc1sc2c(c1C(=O)c1ccccc1)CCCC2. The van der Waals surface area contributed by atoms with Gasteiger partial charge >= 0.3 is 0 Å². The lowest BCUT2D eigenvalue weighted by atomic mass is 9.92. The van der Waals surface area contributed by atoms with Crippen molar-refractivity contribution < 1.29 is 14.3 Å². The summed E-state index contributed by atoms with van der Waals surface area (Å²) < 4.78 is 5.62. The number of thiophene rings is 1. The van der Waals surface area contributed by atoms with Crippen LogP contribution in [-0.2, 0) is 22.4 Å². The third-order valence-corrected chi connectivity index (χ3v) is 7.79. The Balaban J connectivity index is 1.30. The average molecular weight is 469 g/mol. The molecule has 9 heteroatoms. The smallest absolute Gasteiger partial charge is 0.235 e. The number of ketones is 1. The molecule has 1 fully saturated rings. The second kappa shape index (κ2) is 9.56. The summed E-state index contributed by atoms with van der Waals surface area (Å²) >= 11 is 2.81. The van der Waals surface area contributed by atoms with Gasteiger partial charge in [-0.05, 0) is 44.1 Å². The lowest BCUT2D eigenvalue weighted by Crippen LogP contribution is -2.16. The molecule has 2 aromatic heterocycles. The Morgan fingerprint density at radius 1 is 1.19 bits per heavy atom. The molecule has 7 nitrogen and oxygen atoms in total. The fourth-order valence-corrected chi connectivity index (χ4v) is 6.09. The number of amides is 1. The van der Waals surface area contributed by atoms with Crippen molar-refractivity contribution >= 4 is 39.8 Å². The first kappa shape index (κ1) is 21.4. The second-order valence-electron chi connectivity index (χ2n) is 7.95. The highest BCUT2D eigenvalue weighted by Gasteiger charge is 2.27. The van der Waals surface area contributed by atoms with Gasteiger partial charge in [0.25, 0.3) is 0 Å². The molecule has 1 aliphatic heterocycles. The van der Waals surface area contributed by atoms with E-state index in [-0.39, 0.29) is 23.5 Å². The van der Waals surface area contributed by atoms with Gasteiger partial charge in [-0.25, -0.2) is 4.98 Å². The van der Waals surface area contributed by atoms with E-state index in [1.807, 2.05) is 30.3 Å². The van der Waals surface area contributed by atoms with Crippen LogP contribution in [-0.4, -0.2) is 39.2 Å². The van der Waals surface area contributed by atoms with Gasteiger partial charge in [0.1, 0.15) is 11.1 Å². The molecule has 1 aliphatic carbocycles. The van der Waals surface area contributed by atoms with Crippen molar-refractivity contribution in [3.8, 4) is 0 Å². The lowest BCUT2D eigenvalue weighted by Gasteiger charge is -2.12. The van der Waals surface area contributed by atoms with E-state index in [0.717, 1.165) is 50.7 Å². The summed E-state index contributed by atoms with van der Waals surface area (Å²) in [5.41, 5.74) is 2.41. The van der Waals surface area contributed by atoms with E-state index < -0.39 is 0 Å². The van der Waals surface area contributed by atoms with Crippen LogP contribution in [0.3, 0.4) is 0 Å². The number of ether oxygens (including phenoxy) is 1. The number of aromatic nitrogens is 3. The zero-order valence-electron chi connectivity index (χ0n) is 17.6. The highest BCUT2D eigenvalue weighted by molar-refractivity contribution is 7.99. The zero-order valence-corrected chi connectivity index (χ0v) is 19.2. The maximum absolute atomic E-state index is 13.3. The van der Waals surface area contributed by atoms with Gasteiger partial charge in [-0.2, -0.15) is 0 Å². The lowest BCUT2D eigenvalue weighted by molar-refractivity contribution is -0.113. The number of fused-ring (bicyclic) bond motifs is 1. The molecule has 3 heterocycles. The van der Waals surface area contributed by atoms with E-state index >= 15 is 0 Å². The van der Waals surface area contributed by atoms with Crippen molar-refractivity contribution in [2.45, 2.75) is 49.8 Å². The Bertz CT molecular complexity index is 1120. The third kappa shape index (κ3) is 4.51. The van der Waals surface area contributed by atoms with E-state index in [1.165, 1.54) is 28.0 Å². The van der Waals surface area contributed by atoms with Gasteiger partial charge in [0.2, 0.25) is 11.1 Å². The molecule has 166 valence electrons. The Hall–Kier alpha value is -2.49. The van der Waals surface area contributed by atoms with Crippen LogP contribution in [0.1, 0.15) is 64.0 Å². The molecular formula is C23H24N4O3S2. The molecule has 1 aromatic carbocycles. The van der Waals surface area contributed by atoms with Gasteiger partial charge in [-0.15, -0.1) is 16.4 Å². The van der Waals surface area contributed by atoms with Crippen molar-refractivity contribution in [1.29, 1.82) is 0 Å². The first-order chi connectivity index (χ1) is 15.7. The van der Waals surface area contributed by atoms with Crippen LogP contribution in [0.2, 0.25) is 0 Å². The number of H-pyrrole nitrogens is 1. The fourth-order valence-electron chi connectivity index (χ4n) is 4.18. The molecule has 0 radical (unpaired) electrons. The van der Waals surface area contributed by atoms with Crippen molar-refractivity contribution in [2.75, 3.05) is 17.7 Å². The van der Waals surface area contributed by atoms with Gasteiger partial charge in [0.05, 0.1) is 11.3 Å². The largest absolute Gasteiger partial charge is 0.370 e. The number of aromatic amines is 1. The van der Waals surface area contributed by atoms with Crippen LogP contribution in [0.4, 0.5) is 5.00 Å². The number of nitrogens with zero attached hydrogens (tertiary/aromatic N) is 2. The van der Waals surface area contributed by atoms with Crippen molar-refractivity contribution in [2.24, 2.45) is 0 Å². The molecule has 3 aromatic rings. The number of benzene rings is 1. The molecule has 1 amide bonds. The number of carbonyl (C=O) groups excluding carboxylic acids is 2. The maximum atomic E-state index is 13.3. The van der Waals surface area contributed by atoms with E-state index in [9.17, 15) is 9.59 Å². The number of carbonyl (C=O) groups is 2. The van der Waals surface area contributed by atoms with Crippen LogP contribution in [0.25, 0.3) is 0 Å². The topological polar surface area (TPSA) is 97.0 Å². The van der Waals surface area contributed by atoms with Gasteiger partial charge in [0.15, 0.2) is 11.6 Å². The van der Waals surface area contributed by atoms with Crippen LogP contribution < -0.4 is 5.32 Å². The minimum Gasteiger partial charge on any atom is -0.370 e. The first-order valence-electron chi connectivity index (χ1n) is 10.9. The summed E-state index contributed by atoms with van der Waals surface area (Å²) in [5, 5.41) is 11.3. The third-order valence-electron chi connectivity index (χ3n) is 5.74. The molecule has 5 rings (SSSR count). The first-order valence-corrected chi connectivity index (χ1v) is 12.7. The maximum Gasteiger partial charge on any atom is 0.235 e. The Morgan fingerprint density at radius 3 is 2.84 bits per heavy atom. The van der Waals surface area contributed by atoms with Gasteiger partial charge in [0, 0.05) is 17.0 Å². The van der Waals surface area contributed by atoms with Crippen LogP contribution in [0, 0.1) is 0 Å². The van der Waals surface area contributed by atoms with Gasteiger partial charge in [-0.3, -0.25) is 14.7 Å². The monoisotopic (exact) mass is 468 g/mol. The van der Waals surface area contributed by atoms with E-state index in [1.54, 1.807) is 0 Å². The van der Waals surface area contributed by atoms with Gasteiger partial charge in [-0.1, -0.05) is 42.1 Å². The number of nitrogens with one attached hydrogen (secondary N) is 2. The molecule has 0 saturated carbocycles. The number of hydrogen-bond donors (Lipinski definition) is 2. The predicted octanol–water partition coefficient (Wildman–Crippen LogP) is 4.56. The Kier molecular flexibility index (Phi) is 6.38. The average Bonchev–Trinajstić information content (AvgIpc) is 3.57. The molecular weight excluding hydrogens is 444 g/mol. The summed E-state index contributed by atoms with van der Waals surface area (Å²) in [5.74, 6) is 0.694. The molecule has 32 heavy (non-hydrogen) atoms. The summed E-state index contributed by atoms with van der Waals surface area (Å²) in [4.78, 5) is 31.7. The minimum atomic E-state index is -0.167. The van der Waals surface area contributed by atoms with Crippen LogP contribution in [0.15, 0.2) is 35.5 Å². The van der Waals surface area contributed by atoms with Gasteiger partial charge < -0.3 is 10.1 Å². The highest BCUT2D eigenvalue weighted by Crippen LogP contribution is 2.39. The number of anilines is 1. The second-order valence-corrected chi connectivity index (χ2v) is 10.00. The summed E-state index contributed by atoms with van der Waals surface area (Å²) in [6, 6.07) is 9.27. The van der Waals surface area contributed by atoms with Crippen LogP contribution >= 0.6 is 23.1 Å². The van der Waals surface area contributed by atoms with Crippen molar-refractivity contribution in [1.82, 2.24) is 15.2 Å². The number of rotatable bonds is 7. The van der Waals surface area contributed by atoms with Crippen molar-refractivity contribution in [3.63, 3.8) is 0 Å². The van der Waals surface area contributed by atoms with Crippen LogP contribution in [0.5, 0.6) is 0 Å². The molecule has 2 aliphatic rings. The normalized spacial score (nSPS) is 17.8. The Morgan fingerprint density at radius 2 is 2.03 bits per heavy atom. The highest BCUT2D eigenvalue weighted by atomic mass is 32.2. The zero-order chi connectivity index (χ0) is 21.9. The molecule has 1 atom stereocenters. The predicted molar refractivity (Wildman–Crippen MR) is 124 cm³/mol. The van der Waals surface area contributed by atoms with E-state index in [0.29, 0.717) is 27.1 Å². The minimum absolute atomic E-state index is 0.0249. The standard InChI is InChI=1S/C23H24N4O3S2/c28-18(13-31-23-25-21(26-27-23)16-10-6-12-30-16)24-22-19(15-9-4-5-11-17(15)32-22)20(29)14-7-2-1-3-8-14/h1-3,7-8,16H,4-6,9-13H2,(H,24,28)(H,25,26,27). The fraction of sp³-hybridized carbons (Fsp3) is 0.391. The molecule has 2 N–H and O–H groups in total. The molecule has 0 spiro atoms. The van der Waals surface area contributed by atoms with E-state index in [2.05, 4.69) is 20.5 Å². The number of thioether (sulfide) groups is 1. The number of hydrogen-bond acceptors (Lipinski definition) is 7. The Labute approximate surface area is 194 Å². The molecule has 1 unspecified atom stereocenters. The quantitative estimate of drug-likeness (QED) is 0.390. The summed E-state index contributed by atoms with van der Waals surface area (Å²) in [6.07, 6.45) is 5.95. The summed E-state index contributed by atoms with van der Waals surface area (Å²) in [7, 11) is 0.